The maximum atomic E-state index is 4.30. The van der Waals surface area contributed by atoms with Gasteiger partial charge in [-0.1, -0.05) is 149 Å². The Hall–Kier alpha value is -2.02. The molecule has 0 unspecified atom stereocenters. The first-order valence-electron chi connectivity index (χ1n) is 15.1. The first-order chi connectivity index (χ1) is 17.5. The Balaban J connectivity index is 0.000000840. The molecule has 2 aromatic carbocycles. The fourth-order valence-corrected chi connectivity index (χ4v) is 5.55. The lowest BCUT2D eigenvalue weighted by Gasteiger charge is -2.40. The van der Waals surface area contributed by atoms with Crippen molar-refractivity contribution in [1.29, 1.82) is 0 Å². The maximum absolute atomic E-state index is 4.30. The molecule has 0 radical (unpaired) electrons. The normalized spacial score (nSPS) is 20.8. The van der Waals surface area contributed by atoms with Crippen LogP contribution < -0.4 is 5.32 Å². The molecule has 0 atom stereocenters. The molecule has 2 aliphatic rings. The summed E-state index contributed by atoms with van der Waals surface area (Å²) in [5, 5.41) is 3.67. The summed E-state index contributed by atoms with van der Waals surface area (Å²) in [6.07, 6.45) is 14.1. The van der Waals surface area contributed by atoms with E-state index in [1.165, 1.54) is 80.9 Å². The lowest BCUT2D eigenvalue weighted by atomic mass is 9.67. The molecule has 1 nitrogen and oxygen atoms in total. The van der Waals surface area contributed by atoms with Crippen LogP contribution in [0.1, 0.15) is 130 Å². The fraction of sp³-hybridized carbons (Fsp3) is 0.611. The largest absolute Gasteiger partial charge is 0.384 e. The van der Waals surface area contributed by atoms with Crippen molar-refractivity contribution < 1.29 is 0 Å². The summed E-state index contributed by atoms with van der Waals surface area (Å²) in [4.78, 5) is 0. The summed E-state index contributed by atoms with van der Waals surface area (Å²) in [5.74, 6) is 1.94. The summed E-state index contributed by atoms with van der Waals surface area (Å²) < 4.78 is 0. The molecule has 37 heavy (non-hydrogen) atoms. The van der Waals surface area contributed by atoms with Crippen LogP contribution in [0.2, 0.25) is 0 Å². The predicted molar refractivity (Wildman–Crippen MR) is 170 cm³/mol. The van der Waals surface area contributed by atoms with Gasteiger partial charge in [0.15, 0.2) is 0 Å². The van der Waals surface area contributed by atoms with Crippen molar-refractivity contribution in [3.05, 3.63) is 77.9 Å². The molecule has 2 aromatic rings. The lowest BCUT2D eigenvalue weighted by molar-refractivity contribution is 0.240. The highest BCUT2D eigenvalue weighted by molar-refractivity contribution is 5.64. The standard InChI is InChI=1S/C23H29N.C8H16.2C2H6.CH4/c1-18-13-15-23(16-14-18,21-10-5-4-6-11-21)17-24-20(3)22-12-8-7-9-19(22)2;1-2-8-6-4-3-5-7-8;2*1-2;/h4-12,18,24H,3,13-17H2,1-2H3;8H,2-7H2,1H3;2*1-2H3;1H4. The van der Waals surface area contributed by atoms with E-state index in [1.807, 2.05) is 27.7 Å². The molecule has 2 saturated carbocycles. The molecule has 0 aliphatic heterocycles. The minimum atomic E-state index is 0. The highest BCUT2D eigenvalue weighted by atomic mass is 14.9. The van der Waals surface area contributed by atoms with Crippen molar-refractivity contribution in [2.45, 2.75) is 126 Å². The van der Waals surface area contributed by atoms with Crippen LogP contribution in [0.15, 0.2) is 61.2 Å². The number of aryl methyl sites for hydroxylation is 1. The van der Waals surface area contributed by atoms with Crippen molar-refractivity contribution in [3.63, 3.8) is 0 Å². The zero-order chi connectivity index (χ0) is 26.8. The van der Waals surface area contributed by atoms with Crippen molar-refractivity contribution in [3.8, 4) is 0 Å². The molecule has 2 aliphatic carbocycles. The second-order valence-electron chi connectivity index (χ2n) is 10.4. The van der Waals surface area contributed by atoms with Crippen LogP contribution in [0.4, 0.5) is 0 Å². The zero-order valence-electron chi connectivity index (χ0n) is 24.8. The van der Waals surface area contributed by atoms with Crippen molar-refractivity contribution >= 4 is 5.70 Å². The Kier molecular flexibility index (Phi) is 18.9. The van der Waals surface area contributed by atoms with Crippen LogP contribution in [0, 0.1) is 18.8 Å². The van der Waals surface area contributed by atoms with Gasteiger partial charge in [-0.2, -0.15) is 0 Å². The summed E-state index contributed by atoms with van der Waals surface area (Å²) in [6.45, 7) is 20.1. The van der Waals surface area contributed by atoms with Gasteiger partial charge < -0.3 is 5.32 Å². The third-order valence-electron chi connectivity index (χ3n) is 8.03. The van der Waals surface area contributed by atoms with E-state index in [4.69, 9.17) is 0 Å². The van der Waals surface area contributed by atoms with Crippen LogP contribution >= 0.6 is 0 Å². The molecule has 1 N–H and O–H groups in total. The summed E-state index contributed by atoms with van der Waals surface area (Å²) in [6, 6.07) is 19.5. The minimum absolute atomic E-state index is 0. The van der Waals surface area contributed by atoms with E-state index in [-0.39, 0.29) is 12.8 Å². The van der Waals surface area contributed by atoms with Crippen LogP contribution in [0.3, 0.4) is 0 Å². The Labute approximate surface area is 232 Å². The van der Waals surface area contributed by atoms with E-state index in [1.54, 1.807) is 0 Å². The molecule has 0 amide bonds. The number of rotatable bonds is 6. The average molecular weight is 508 g/mol. The second kappa shape index (κ2) is 20.0. The molecule has 210 valence electrons. The van der Waals surface area contributed by atoms with Crippen molar-refractivity contribution in [2.24, 2.45) is 11.8 Å². The van der Waals surface area contributed by atoms with Gasteiger partial charge in [-0.15, -0.1) is 0 Å². The maximum Gasteiger partial charge on any atom is 0.0343 e. The fourth-order valence-electron chi connectivity index (χ4n) is 5.55. The molecule has 0 heterocycles. The summed E-state index contributed by atoms with van der Waals surface area (Å²) >= 11 is 0. The van der Waals surface area contributed by atoms with Gasteiger partial charge in [-0.3, -0.25) is 0 Å². The van der Waals surface area contributed by atoms with Gasteiger partial charge in [-0.05, 0) is 61.1 Å². The second-order valence-corrected chi connectivity index (χ2v) is 10.4. The minimum Gasteiger partial charge on any atom is -0.384 e. The molecule has 2 fully saturated rings. The van der Waals surface area contributed by atoms with Crippen molar-refractivity contribution in [1.82, 2.24) is 5.32 Å². The van der Waals surface area contributed by atoms with Crippen LogP contribution in [0.5, 0.6) is 0 Å². The average Bonchev–Trinajstić information content (AvgIpc) is 2.96. The molecule has 0 bridgehead atoms. The number of hydrogen-bond acceptors (Lipinski definition) is 1. The highest BCUT2D eigenvalue weighted by Gasteiger charge is 2.35. The highest BCUT2D eigenvalue weighted by Crippen LogP contribution is 2.41. The quantitative estimate of drug-likeness (QED) is 0.410. The third-order valence-corrected chi connectivity index (χ3v) is 8.03. The molecular weight excluding hydrogens is 446 g/mol. The Morgan fingerprint density at radius 1 is 0.838 bits per heavy atom. The summed E-state index contributed by atoms with van der Waals surface area (Å²) in [7, 11) is 0. The molecular formula is C36H61N. The molecule has 4 rings (SSSR count). The van der Waals surface area contributed by atoms with Crippen LogP contribution in [0.25, 0.3) is 5.70 Å². The number of hydrogen-bond donors (Lipinski definition) is 1. The van der Waals surface area contributed by atoms with Gasteiger partial charge in [0, 0.05) is 17.7 Å². The first kappa shape index (κ1) is 35.0. The third kappa shape index (κ3) is 11.5. The molecule has 0 spiro atoms. The first-order valence-corrected chi connectivity index (χ1v) is 15.1. The molecule has 0 saturated heterocycles. The van der Waals surface area contributed by atoms with E-state index < -0.39 is 0 Å². The lowest BCUT2D eigenvalue weighted by Crippen LogP contribution is -2.40. The molecule has 0 aromatic heterocycles. The smallest absolute Gasteiger partial charge is 0.0343 e. The zero-order valence-corrected chi connectivity index (χ0v) is 24.8. The van der Waals surface area contributed by atoms with Gasteiger partial charge in [0.05, 0.1) is 0 Å². The SMILES string of the molecule is C.C=C(NCC1(c2ccccc2)CCC(C)CC1)c1ccccc1C.CC.CC.CCC1CCCCC1. The topological polar surface area (TPSA) is 12.0 Å². The van der Waals surface area contributed by atoms with Gasteiger partial charge in [0.2, 0.25) is 0 Å². The van der Waals surface area contributed by atoms with E-state index in [2.05, 4.69) is 87.3 Å². The molecule has 1 heteroatoms. The Morgan fingerprint density at radius 3 is 1.89 bits per heavy atom. The van der Waals surface area contributed by atoms with Gasteiger partial charge in [-0.25, -0.2) is 0 Å². The van der Waals surface area contributed by atoms with Gasteiger partial charge in [0.1, 0.15) is 0 Å². The number of nitrogens with one attached hydrogen (secondary N) is 1. The van der Waals surface area contributed by atoms with Crippen LogP contribution in [-0.4, -0.2) is 6.54 Å². The monoisotopic (exact) mass is 507 g/mol. The summed E-state index contributed by atoms with van der Waals surface area (Å²) in [5.41, 5.74) is 5.26. The van der Waals surface area contributed by atoms with Crippen molar-refractivity contribution in [2.75, 3.05) is 6.54 Å². The van der Waals surface area contributed by atoms with E-state index >= 15 is 0 Å². The Bertz CT molecular complexity index is 808. The van der Waals surface area contributed by atoms with E-state index in [0.717, 1.165) is 24.1 Å². The predicted octanol–water partition coefficient (Wildman–Crippen LogP) is 11.4. The van der Waals surface area contributed by atoms with E-state index in [0.29, 0.717) is 0 Å². The van der Waals surface area contributed by atoms with Gasteiger partial charge in [0.25, 0.3) is 0 Å². The Morgan fingerprint density at radius 2 is 1.38 bits per heavy atom. The van der Waals surface area contributed by atoms with Crippen LogP contribution in [-0.2, 0) is 5.41 Å². The number of benzene rings is 2. The van der Waals surface area contributed by atoms with Gasteiger partial charge >= 0.3 is 0 Å². The van der Waals surface area contributed by atoms with E-state index in [9.17, 15) is 0 Å².